The topological polar surface area (TPSA) is 73.7 Å². The third-order valence-corrected chi connectivity index (χ3v) is 3.57. The molecular formula is C17H20FN3O4. The van der Waals surface area contributed by atoms with Crippen molar-refractivity contribution in [2.75, 3.05) is 33.9 Å². The highest BCUT2D eigenvalue weighted by Crippen LogP contribution is 2.11. The first-order valence-electron chi connectivity index (χ1n) is 7.71. The summed E-state index contributed by atoms with van der Waals surface area (Å²) in [5, 5.41) is 4.23. The average Bonchev–Trinajstić information content (AvgIpc) is 3.11. The number of ether oxygens (including phenoxy) is 2. The molecule has 0 aliphatic rings. The number of esters is 1. The van der Waals surface area contributed by atoms with Crippen LogP contribution >= 0.6 is 0 Å². The summed E-state index contributed by atoms with van der Waals surface area (Å²) in [6, 6.07) is 7.34. The zero-order valence-corrected chi connectivity index (χ0v) is 14.1. The van der Waals surface area contributed by atoms with Gasteiger partial charge in [0.15, 0.2) is 5.69 Å². The molecule has 0 saturated carbocycles. The van der Waals surface area contributed by atoms with Gasteiger partial charge in [-0.25, -0.2) is 9.07 Å². The Labute approximate surface area is 144 Å². The molecule has 2 aromatic rings. The van der Waals surface area contributed by atoms with E-state index in [0.717, 1.165) is 0 Å². The Kier molecular flexibility index (Phi) is 6.64. The van der Waals surface area contributed by atoms with Crippen molar-refractivity contribution in [2.45, 2.75) is 6.42 Å². The summed E-state index contributed by atoms with van der Waals surface area (Å²) >= 11 is 0. The number of benzene rings is 1. The standard InChI is InChI=1S/C17H20FN3O4/c1-24-12-11-20(9-8-16(22)25-2)17(23)15-7-10-21(19-15)14-5-3-13(18)4-6-14/h3-7,10H,8-9,11-12H2,1-2H3. The number of hydrogen-bond donors (Lipinski definition) is 0. The molecule has 7 nitrogen and oxygen atoms in total. The van der Waals surface area contributed by atoms with Gasteiger partial charge < -0.3 is 14.4 Å². The van der Waals surface area contributed by atoms with Crippen LogP contribution in [0.1, 0.15) is 16.9 Å². The molecule has 0 radical (unpaired) electrons. The summed E-state index contributed by atoms with van der Waals surface area (Å²) in [6.45, 7) is 0.875. The Morgan fingerprint density at radius 1 is 1.16 bits per heavy atom. The third kappa shape index (κ3) is 5.12. The van der Waals surface area contributed by atoms with E-state index in [-0.39, 0.29) is 30.4 Å². The fourth-order valence-electron chi connectivity index (χ4n) is 2.18. The van der Waals surface area contributed by atoms with E-state index in [9.17, 15) is 14.0 Å². The molecule has 0 fully saturated rings. The summed E-state index contributed by atoms with van der Waals surface area (Å²) in [4.78, 5) is 25.4. The molecule has 1 amide bonds. The maximum atomic E-state index is 13.0. The predicted octanol–water partition coefficient (Wildman–Crippen LogP) is 1.66. The van der Waals surface area contributed by atoms with E-state index in [4.69, 9.17) is 4.74 Å². The Bertz CT molecular complexity index is 715. The fourth-order valence-corrected chi connectivity index (χ4v) is 2.18. The maximum Gasteiger partial charge on any atom is 0.307 e. The molecule has 25 heavy (non-hydrogen) atoms. The number of halogens is 1. The van der Waals surface area contributed by atoms with Crippen LogP contribution in [-0.2, 0) is 14.3 Å². The molecule has 1 aromatic carbocycles. The average molecular weight is 349 g/mol. The van der Waals surface area contributed by atoms with Crippen LogP contribution in [0.5, 0.6) is 0 Å². The number of nitrogens with zero attached hydrogens (tertiary/aromatic N) is 3. The van der Waals surface area contributed by atoms with Crippen molar-refractivity contribution >= 4 is 11.9 Å². The van der Waals surface area contributed by atoms with E-state index in [1.54, 1.807) is 24.4 Å². The SMILES string of the molecule is COCCN(CCC(=O)OC)C(=O)c1ccn(-c2ccc(F)cc2)n1. The van der Waals surface area contributed by atoms with E-state index in [0.29, 0.717) is 18.8 Å². The van der Waals surface area contributed by atoms with Gasteiger partial charge in [0.1, 0.15) is 5.82 Å². The van der Waals surface area contributed by atoms with Gasteiger partial charge in [-0.2, -0.15) is 5.10 Å². The van der Waals surface area contributed by atoms with Crippen LogP contribution < -0.4 is 0 Å². The molecule has 2 rings (SSSR count). The van der Waals surface area contributed by atoms with Crippen LogP contribution in [0.4, 0.5) is 4.39 Å². The van der Waals surface area contributed by atoms with Gasteiger partial charge in [0.2, 0.25) is 0 Å². The highest BCUT2D eigenvalue weighted by atomic mass is 19.1. The Morgan fingerprint density at radius 3 is 2.52 bits per heavy atom. The second kappa shape index (κ2) is 8.93. The Morgan fingerprint density at radius 2 is 1.88 bits per heavy atom. The van der Waals surface area contributed by atoms with Gasteiger partial charge in [-0.15, -0.1) is 0 Å². The first-order chi connectivity index (χ1) is 12.0. The van der Waals surface area contributed by atoms with Gasteiger partial charge >= 0.3 is 5.97 Å². The Balaban J connectivity index is 2.12. The minimum absolute atomic E-state index is 0.0879. The molecule has 8 heteroatoms. The second-order valence-corrected chi connectivity index (χ2v) is 5.23. The lowest BCUT2D eigenvalue weighted by Crippen LogP contribution is -2.36. The van der Waals surface area contributed by atoms with Crippen molar-refractivity contribution in [3.8, 4) is 5.69 Å². The minimum atomic E-state index is -0.396. The van der Waals surface area contributed by atoms with Crippen molar-refractivity contribution < 1.29 is 23.5 Å². The lowest BCUT2D eigenvalue weighted by molar-refractivity contribution is -0.140. The number of aromatic nitrogens is 2. The largest absolute Gasteiger partial charge is 0.469 e. The number of methoxy groups -OCH3 is 2. The van der Waals surface area contributed by atoms with Gasteiger partial charge in [-0.3, -0.25) is 9.59 Å². The van der Waals surface area contributed by atoms with Gasteiger partial charge in [-0.05, 0) is 30.3 Å². The van der Waals surface area contributed by atoms with E-state index in [2.05, 4.69) is 9.84 Å². The van der Waals surface area contributed by atoms with Gasteiger partial charge in [-0.1, -0.05) is 0 Å². The number of amides is 1. The molecule has 0 saturated heterocycles. The number of hydrogen-bond acceptors (Lipinski definition) is 5. The van der Waals surface area contributed by atoms with Crippen molar-refractivity contribution in [2.24, 2.45) is 0 Å². The lowest BCUT2D eigenvalue weighted by Gasteiger charge is -2.20. The highest BCUT2D eigenvalue weighted by molar-refractivity contribution is 5.92. The lowest BCUT2D eigenvalue weighted by atomic mass is 10.3. The molecule has 0 aliphatic carbocycles. The number of carbonyl (C=O) groups excluding carboxylic acids is 2. The summed E-state index contributed by atoms with van der Waals surface area (Å²) in [5.41, 5.74) is 0.865. The van der Waals surface area contributed by atoms with Gasteiger partial charge in [0.25, 0.3) is 5.91 Å². The van der Waals surface area contributed by atoms with Crippen molar-refractivity contribution in [3.05, 3.63) is 48.0 Å². The molecule has 0 N–H and O–H groups in total. The molecular weight excluding hydrogens is 329 g/mol. The normalized spacial score (nSPS) is 10.5. The molecule has 1 heterocycles. The van der Waals surface area contributed by atoms with Crippen LogP contribution in [0.2, 0.25) is 0 Å². The third-order valence-electron chi connectivity index (χ3n) is 3.57. The monoisotopic (exact) mass is 349 g/mol. The molecule has 1 aromatic heterocycles. The molecule has 134 valence electrons. The zero-order chi connectivity index (χ0) is 18.2. The van der Waals surface area contributed by atoms with Crippen LogP contribution in [0.15, 0.2) is 36.5 Å². The minimum Gasteiger partial charge on any atom is -0.469 e. The Hall–Kier alpha value is -2.74. The number of rotatable bonds is 8. The predicted molar refractivity (Wildman–Crippen MR) is 87.9 cm³/mol. The first kappa shape index (κ1) is 18.6. The number of carbonyl (C=O) groups is 2. The summed E-state index contributed by atoms with van der Waals surface area (Å²) in [7, 11) is 2.83. The van der Waals surface area contributed by atoms with Gasteiger partial charge in [0.05, 0.1) is 25.8 Å². The quantitative estimate of drug-likeness (QED) is 0.678. The molecule has 0 unspecified atom stereocenters. The van der Waals surface area contributed by atoms with Crippen LogP contribution in [0.3, 0.4) is 0 Å². The molecule has 0 spiro atoms. The van der Waals surface area contributed by atoms with E-state index in [1.807, 2.05) is 0 Å². The van der Waals surface area contributed by atoms with Crippen molar-refractivity contribution in [1.29, 1.82) is 0 Å². The van der Waals surface area contributed by atoms with E-state index >= 15 is 0 Å². The molecule has 0 atom stereocenters. The van der Waals surface area contributed by atoms with Crippen LogP contribution in [0.25, 0.3) is 5.69 Å². The maximum absolute atomic E-state index is 13.0. The summed E-state index contributed by atoms with van der Waals surface area (Å²) in [5.74, 6) is -1.06. The summed E-state index contributed by atoms with van der Waals surface area (Å²) < 4.78 is 24.1. The fraction of sp³-hybridized carbons (Fsp3) is 0.353. The molecule has 0 bridgehead atoms. The zero-order valence-electron chi connectivity index (χ0n) is 14.1. The van der Waals surface area contributed by atoms with Crippen LogP contribution in [0, 0.1) is 5.82 Å². The van der Waals surface area contributed by atoms with E-state index in [1.165, 1.54) is 35.9 Å². The molecule has 0 aliphatic heterocycles. The van der Waals surface area contributed by atoms with E-state index < -0.39 is 5.97 Å². The smallest absolute Gasteiger partial charge is 0.307 e. The first-order valence-corrected chi connectivity index (χ1v) is 7.71. The second-order valence-electron chi connectivity index (χ2n) is 5.23. The van der Waals surface area contributed by atoms with Gasteiger partial charge in [0, 0.05) is 26.4 Å². The summed E-state index contributed by atoms with van der Waals surface area (Å²) in [6.07, 6.45) is 1.71. The van der Waals surface area contributed by atoms with Crippen LogP contribution in [-0.4, -0.2) is 60.5 Å². The van der Waals surface area contributed by atoms with Crippen molar-refractivity contribution in [1.82, 2.24) is 14.7 Å². The highest BCUT2D eigenvalue weighted by Gasteiger charge is 2.19. The van der Waals surface area contributed by atoms with Crippen molar-refractivity contribution in [3.63, 3.8) is 0 Å².